The Hall–Kier alpha value is -1.60. The topological polar surface area (TPSA) is 95.9 Å². The zero-order valence-electron chi connectivity index (χ0n) is 10.7. The molecule has 1 aromatic rings. The number of fused-ring (bicyclic) bond motifs is 1. The van der Waals surface area contributed by atoms with E-state index in [1.54, 1.807) is 12.1 Å². The van der Waals surface area contributed by atoms with Gasteiger partial charge in [0, 0.05) is 10.0 Å². The number of carbonyl (C=O) groups is 2. The van der Waals surface area contributed by atoms with Crippen molar-refractivity contribution in [2.24, 2.45) is 0 Å². The number of halogens is 1. The number of aliphatic hydroxyl groups is 1. The molecule has 108 valence electrons. The van der Waals surface area contributed by atoms with E-state index in [1.165, 1.54) is 0 Å². The molecule has 7 heteroatoms. The number of rotatable bonds is 4. The molecule has 2 rings (SSSR count). The Kier molecular flexibility index (Phi) is 4.01. The summed E-state index contributed by atoms with van der Waals surface area (Å²) in [5, 5.41) is 20.8. The van der Waals surface area contributed by atoms with Crippen LogP contribution in [-0.2, 0) is 9.59 Å². The maximum Gasteiger partial charge on any atom is 0.337 e. The van der Waals surface area contributed by atoms with E-state index in [2.05, 4.69) is 21.2 Å². The Morgan fingerprint density at radius 1 is 1.55 bits per heavy atom. The molecule has 2 unspecified atom stereocenters. The van der Waals surface area contributed by atoms with Gasteiger partial charge in [-0.15, -0.1) is 0 Å². The van der Waals surface area contributed by atoms with Gasteiger partial charge in [0.2, 0.25) is 5.91 Å². The molecular formula is C13H14BrNO5. The van der Waals surface area contributed by atoms with Crippen molar-refractivity contribution in [3.63, 3.8) is 0 Å². The lowest BCUT2D eigenvalue weighted by atomic mass is 10.00. The molecule has 2 atom stereocenters. The molecule has 0 saturated heterocycles. The van der Waals surface area contributed by atoms with E-state index in [0.29, 0.717) is 5.75 Å². The number of hydrogen-bond donors (Lipinski definition) is 3. The summed E-state index contributed by atoms with van der Waals surface area (Å²) in [5.41, 5.74) is -1.25. The van der Waals surface area contributed by atoms with E-state index in [1.807, 2.05) is 6.07 Å². The molecule has 3 N–H and O–H groups in total. The molecule has 0 aromatic heterocycles. The number of nitrogens with one attached hydrogen (secondary N) is 1. The number of carboxylic acids is 1. The van der Waals surface area contributed by atoms with Crippen molar-refractivity contribution in [3.8, 4) is 5.75 Å². The van der Waals surface area contributed by atoms with Crippen LogP contribution < -0.4 is 10.1 Å². The van der Waals surface area contributed by atoms with Gasteiger partial charge in [0.1, 0.15) is 18.3 Å². The van der Waals surface area contributed by atoms with Gasteiger partial charge >= 0.3 is 5.97 Å². The fourth-order valence-corrected chi connectivity index (χ4v) is 2.24. The second-order valence-electron chi connectivity index (χ2n) is 4.84. The highest BCUT2D eigenvalue weighted by atomic mass is 79.9. The number of benzene rings is 1. The van der Waals surface area contributed by atoms with Crippen LogP contribution in [0.1, 0.15) is 18.4 Å². The second-order valence-corrected chi connectivity index (χ2v) is 5.76. The fourth-order valence-electron chi connectivity index (χ4n) is 1.86. The molecule has 1 aliphatic rings. The third kappa shape index (κ3) is 2.94. The maximum absolute atomic E-state index is 12.1. The summed E-state index contributed by atoms with van der Waals surface area (Å²) in [6.45, 7) is 0.971. The van der Waals surface area contributed by atoms with Crippen molar-refractivity contribution in [2.45, 2.75) is 18.4 Å². The molecule has 0 radical (unpaired) electrons. The van der Waals surface area contributed by atoms with Crippen LogP contribution in [0, 0.1) is 0 Å². The monoisotopic (exact) mass is 343 g/mol. The number of carboxylic acid groups (broad SMARTS) is 1. The van der Waals surface area contributed by atoms with Crippen LogP contribution in [0.25, 0.3) is 0 Å². The Morgan fingerprint density at radius 3 is 2.90 bits per heavy atom. The van der Waals surface area contributed by atoms with Gasteiger partial charge in [0.15, 0.2) is 5.60 Å². The predicted octanol–water partition coefficient (Wildman–Crippen LogP) is 0.877. The molecule has 0 spiro atoms. The van der Waals surface area contributed by atoms with Crippen LogP contribution in [0.5, 0.6) is 5.75 Å². The zero-order chi connectivity index (χ0) is 14.9. The molecule has 1 aliphatic heterocycles. The van der Waals surface area contributed by atoms with Crippen LogP contribution in [0.2, 0.25) is 0 Å². The molecule has 6 nitrogen and oxygen atoms in total. The minimum Gasteiger partial charge on any atom is -0.492 e. The summed E-state index contributed by atoms with van der Waals surface area (Å²) < 4.78 is 6.24. The highest BCUT2D eigenvalue weighted by Gasteiger charge is 2.34. The van der Waals surface area contributed by atoms with Crippen molar-refractivity contribution in [3.05, 3.63) is 28.2 Å². The summed E-state index contributed by atoms with van der Waals surface area (Å²) in [5.74, 6) is -1.63. The van der Waals surface area contributed by atoms with Crippen LogP contribution in [-0.4, -0.2) is 40.8 Å². The van der Waals surface area contributed by atoms with E-state index in [4.69, 9.17) is 9.84 Å². The lowest BCUT2D eigenvalue weighted by Gasteiger charge is -2.19. The molecule has 20 heavy (non-hydrogen) atoms. The number of hydrogen-bond acceptors (Lipinski definition) is 4. The molecule has 1 aromatic carbocycles. The lowest BCUT2D eigenvalue weighted by molar-refractivity contribution is -0.156. The first kappa shape index (κ1) is 14.8. The molecule has 1 heterocycles. The largest absolute Gasteiger partial charge is 0.492 e. The van der Waals surface area contributed by atoms with Gasteiger partial charge in [0.25, 0.3) is 0 Å². The number of carbonyl (C=O) groups excluding carboxylic acids is 1. The zero-order valence-corrected chi connectivity index (χ0v) is 12.3. The van der Waals surface area contributed by atoms with Crippen LogP contribution in [0.15, 0.2) is 22.7 Å². The molecule has 0 fully saturated rings. The molecule has 0 aliphatic carbocycles. The summed E-state index contributed by atoms with van der Waals surface area (Å²) in [4.78, 5) is 22.8. The first-order chi connectivity index (χ1) is 9.31. The highest BCUT2D eigenvalue weighted by Crippen LogP contribution is 2.35. The third-order valence-corrected chi connectivity index (χ3v) is 3.63. The van der Waals surface area contributed by atoms with Gasteiger partial charge < -0.3 is 20.3 Å². The quantitative estimate of drug-likeness (QED) is 0.754. The number of amides is 1. The normalized spacial score (nSPS) is 19.6. The Morgan fingerprint density at radius 2 is 2.25 bits per heavy atom. The van der Waals surface area contributed by atoms with E-state index in [-0.39, 0.29) is 19.1 Å². The van der Waals surface area contributed by atoms with E-state index < -0.39 is 17.5 Å². The second kappa shape index (κ2) is 5.41. The summed E-state index contributed by atoms with van der Waals surface area (Å²) in [6.07, 6.45) is 0. The fraction of sp³-hybridized carbons (Fsp3) is 0.385. The first-order valence-corrected chi connectivity index (χ1v) is 6.76. The average Bonchev–Trinajstić information content (AvgIpc) is 2.78. The van der Waals surface area contributed by atoms with E-state index in [9.17, 15) is 14.7 Å². The van der Waals surface area contributed by atoms with Crippen molar-refractivity contribution >= 4 is 27.8 Å². The van der Waals surface area contributed by atoms with E-state index >= 15 is 0 Å². The Bertz CT molecular complexity index is 558. The average molecular weight is 344 g/mol. The van der Waals surface area contributed by atoms with Gasteiger partial charge in [-0.2, -0.15) is 0 Å². The molecular weight excluding hydrogens is 330 g/mol. The molecule has 0 bridgehead atoms. The minimum absolute atomic E-state index is 0.201. The summed E-state index contributed by atoms with van der Waals surface area (Å²) >= 11 is 3.33. The SMILES string of the molecule is CC(O)(CNC(=O)C1COc2ccc(Br)cc21)C(=O)O. The van der Waals surface area contributed by atoms with Crippen molar-refractivity contribution in [1.29, 1.82) is 0 Å². The highest BCUT2D eigenvalue weighted by molar-refractivity contribution is 9.10. The van der Waals surface area contributed by atoms with Crippen LogP contribution in [0.4, 0.5) is 0 Å². The van der Waals surface area contributed by atoms with Gasteiger partial charge in [-0.1, -0.05) is 15.9 Å². The Labute approximate surface area is 123 Å². The summed E-state index contributed by atoms with van der Waals surface area (Å²) in [6, 6.07) is 5.37. The molecule has 0 saturated carbocycles. The van der Waals surface area contributed by atoms with Gasteiger partial charge in [-0.05, 0) is 25.1 Å². The van der Waals surface area contributed by atoms with Gasteiger partial charge in [-0.3, -0.25) is 4.79 Å². The molecule has 1 amide bonds. The maximum atomic E-state index is 12.1. The van der Waals surface area contributed by atoms with E-state index in [0.717, 1.165) is 17.0 Å². The first-order valence-electron chi connectivity index (χ1n) is 5.97. The smallest absolute Gasteiger partial charge is 0.337 e. The Balaban J connectivity index is 2.06. The lowest BCUT2D eigenvalue weighted by Crippen LogP contribution is -2.47. The van der Waals surface area contributed by atoms with Gasteiger partial charge in [0.05, 0.1) is 6.54 Å². The number of aliphatic carboxylic acids is 1. The third-order valence-electron chi connectivity index (χ3n) is 3.14. The minimum atomic E-state index is -1.99. The summed E-state index contributed by atoms with van der Waals surface area (Å²) in [7, 11) is 0. The van der Waals surface area contributed by atoms with Crippen LogP contribution in [0.3, 0.4) is 0 Å². The predicted molar refractivity (Wildman–Crippen MR) is 73.6 cm³/mol. The van der Waals surface area contributed by atoms with Gasteiger partial charge in [-0.25, -0.2) is 4.79 Å². The van der Waals surface area contributed by atoms with Crippen molar-refractivity contribution in [2.75, 3.05) is 13.2 Å². The number of ether oxygens (including phenoxy) is 1. The van der Waals surface area contributed by atoms with Crippen molar-refractivity contribution in [1.82, 2.24) is 5.32 Å². The van der Waals surface area contributed by atoms with Crippen LogP contribution >= 0.6 is 15.9 Å². The van der Waals surface area contributed by atoms with Crippen molar-refractivity contribution < 1.29 is 24.5 Å². The standard InChI is InChI=1S/C13H14BrNO5/c1-13(19,12(17)18)6-15-11(16)9-5-20-10-3-2-7(14)4-8(9)10/h2-4,9,19H,5-6H2,1H3,(H,15,16)(H,17,18).